The molecule has 0 bridgehead atoms. The van der Waals surface area contributed by atoms with E-state index in [4.69, 9.17) is 9.47 Å². The number of aromatic nitrogens is 3. The van der Waals surface area contributed by atoms with Crippen molar-refractivity contribution in [2.24, 2.45) is 5.92 Å². The highest BCUT2D eigenvalue weighted by molar-refractivity contribution is 5.99. The Labute approximate surface area is 196 Å². The van der Waals surface area contributed by atoms with Gasteiger partial charge < -0.3 is 24.7 Å². The normalized spacial score (nSPS) is 22.0. The van der Waals surface area contributed by atoms with Crippen LogP contribution in [0.1, 0.15) is 46.1 Å². The summed E-state index contributed by atoms with van der Waals surface area (Å²) >= 11 is 0. The number of benzene rings is 1. The van der Waals surface area contributed by atoms with Crippen LogP contribution in [0, 0.1) is 5.92 Å². The predicted molar refractivity (Wildman–Crippen MR) is 126 cm³/mol. The summed E-state index contributed by atoms with van der Waals surface area (Å²) in [5.74, 6) is 1.60. The van der Waals surface area contributed by atoms with E-state index in [9.17, 15) is 9.59 Å². The number of amides is 2. The molecule has 2 N–H and O–H groups in total. The highest BCUT2D eigenvalue weighted by Crippen LogP contribution is 2.42. The van der Waals surface area contributed by atoms with Crippen LogP contribution in [0.5, 0.6) is 11.5 Å². The molecule has 1 aliphatic carbocycles. The maximum atomic E-state index is 12.4. The van der Waals surface area contributed by atoms with Gasteiger partial charge in [0, 0.05) is 30.5 Å². The first-order chi connectivity index (χ1) is 16.3. The second kappa shape index (κ2) is 7.44. The zero-order chi connectivity index (χ0) is 23.6. The lowest BCUT2D eigenvalue weighted by atomic mass is 10.0. The van der Waals surface area contributed by atoms with Crippen molar-refractivity contribution in [2.75, 3.05) is 11.9 Å². The van der Waals surface area contributed by atoms with Gasteiger partial charge in [-0.05, 0) is 57.9 Å². The summed E-state index contributed by atoms with van der Waals surface area (Å²) in [6, 6.07) is 8.12. The van der Waals surface area contributed by atoms with Crippen molar-refractivity contribution in [3.63, 3.8) is 0 Å². The number of nitrogens with one attached hydrogen (secondary N) is 2. The van der Waals surface area contributed by atoms with Gasteiger partial charge in [0.25, 0.3) is 5.91 Å². The average Bonchev–Trinajstić information content (AvgIpc) is 3.39. The molecule has 4 heterocycles. The molecule has 1 aromatic carbocycles. The van der Waals surface area contributed by atoms with Crippen molar-refractivity contribution in [2.45, 2.75) is 57.8 Å². The number of carbonyl (C=O) groups excluding carboxylic acids is 2. The molecular formula is C25H27N5O4. The van der Waals surface area contributed by atoms with Crippen molar-refractivity contribution < 1.29 is 19.1 Å². The first-order valence-electron chi connectivity index (χ1n) is 11.7. The van der Waals surface area contributed by atoms with E-state index in [1.165, 1.54) is 0 Å². The summed E-state index contributed by atoms with van der Waals surface area (Å²) in [7, 11) is 0. The SMILES string of the molecule is CC(Oc1cc(-c2ccc3c(n2)NC(=O)C(C)(C)O3)cc2ncn(C3CC3)c12)C1CNC(=O)C1. The Hall–Kier alpha value is -3.62. The van der Waals surface area contributed by atoms with E-state index in [0.717, 1.165) is 35.2 Å². The summed E-state index contributed by atoms with van der Waals surface area (Å²) in [5.41, 5.74) is 2.36. The molecule has 6 rings (SSSR count). The van der Waals surface area contributed by atoms with Gasteiger partial charge in [0.15, 0.2) is 17.2 Å². The van der Waals surface area contributed by atoms with Gasteiger partial charge in [-0.2, -0.15) is 0 Å². The van der Waals surface area contributed by atoms with E-state index >= 15 is 0 Å². The van der Waals surface area contributed by atoms with Crippen LogP contribution in [0.3, 0.4) is 0 Å². The van der Waals surface area contributed by atoms with E-state index in [0.29, 0.717) is 36.3 Å². The number of ether oxygens (including phenoxy) is 2. The van der Waals surface area contributed by atoms with E-state index in [2.05, 4.69) is 25.2 Å². The zero-order valence-electron chi connectivity index (χ0n) is 19.4. The molecule has 0 spiro atoms. The fourth-order valence-corrected chi connectivity index (χ4v) is 4.61. The minimum atomic E-state index is -0.946. The number of carbonyl (C=O) groups is 2. The third-order valence-corrected chi connectivity index (χ3v) is 6.86. The van der Waals surface area contributed by atoms with Crippen molar-refractivity contribution >= 4 is 28.7 Å². The molecular weight excluding hydrogens is 434 g/mol. The molecule has 34 heavy (non-hydrogen) atoms. The highest BCUT2D eigenvalue weighted by atomic mass is 16.5. The molecule has 3 aliphatic rings. The summed E-state index contributed by atoms with van der Waals surface area (Å²) in [6.07, 6.45) is 4.46. The topological polar surface area (TPSA) is 107 Å². The van der Waals surface area contributed by atoms with Crippen LogP contribution in [0.2, 0.25) is 0 Å². The number of hydrogen-bond acceptors (Lipinski definition) is 6. The molecule has 176 valence electrons. The van der Waals surface area contributed by atoms with Crippen molar-refractivity contribution in [3.05, 3.63) is 30.6 Å². The van der Waals surface area contributed by atoms with Gasteiger partial charge in [-0.3, -0.25) is 9.59 Å². The summed E-state index contributed by atoms with van der Waals surface area (Å²) in [6.45, 7) is 6.07. The molecule has 9 heteroatoms. The van der Waals surface area contributed by atoms with Gasteiger partial charge in [0.05, 0.1) is 17.5 Å². The van der Waals surface area contributed by atoms with Gasteiger partial charge in [-0.1, -0.05) is 0 Å². The molecule has 2 fully saturated rings. The number of anilines is 1. The lowest BCUT2D eigenvalue weighted by Gasteiger charge is -2.30. The molecule has 9 nitrogen and oxygen atoms in total. The zero-order valence-corrected chi connectivity index (χ0v) is 19.4. The van der Waals surface area contributed by atoms with Crippen LogP contribution in [0.15, 0.2) is 30.6 Å². The molecule has 0 radical (unpaired) electrons. The Morgan fingerprint density at radius 1 is 1.24 bits per heavy atom. The molecule has 2 unspecified atom stereocenters. The van der Waals surface area contributed by atoms with Crippen molar-refractivity contribution in [3.8, 4) is 22.8 Å². The third kappa shape index (κ3) is 3.55. The Bertz CT molecular complexity index is 1330. The number of rotatable bonds is 5. The Morgan fingerprint density at radius 2 is 2.06 bits per heavy atom. The third-order valence-electron chi connectivity index (χ3n) is 6.86. The van der Waals surface area contributed by atoms with Crippen molar-refractivity contribution in [1.82, 2.24) is 19.9 Å². The molecule has 1 saturated heterocycles. The lowest BCUT2D eigenvalue weighted by Crippen LogP contribution is -2.46. The van der Waals surface area contributed by atoms with Gasteiger partial charge >= 0.3 is 0 Å². The number of hydrogen-bond donors (Lipinski definition) is 2. The minimum Gasteiger partial charge on any atom is -0.488 e. The first-order valence-corrected chi connectivity index (χ1v) is 11.7. The van der Waals surface area contributed by atoms with Crippen molar-refractivity contribution in [1.29, 1.82) is 0 Å². The quantitative estimate of drug-likeness (QED) is 0.603. The molecule has 2 amide bonds. The van der Waals surface area contributed by atoms with Gasteiger partial charge in [0.1, 0.15) is 17.4 Å². The summed E-state index contributed by atoms with van der Waals surface area (Å²) in [4.78, 5) is 33.4. The first kappa shape index (κ1) is 20.9. The number of nitrogens with zero attached hydrogens (tertiary/aromatic N) is 3. The Morgan fingerprint density at radius 3 is 2.79 bits per heavy atom. The summed E-state index contributed by atoms with van der Waals surface area (Å²) < 4.78 is 14.5. The van der Waals surface area contributed by atoms with Crippen LogP contribution in [0.25, 0.3) is 22.3 Å². The fraction of sp³-hybridized carbons (Fsp3) is 0.440. The second-order valence-corrected chi connectivity index (χ2v) is 9.93. The molecule has 2 aromatic heterocycles. The van der Waals surface area contributed by atoms with Gasteiger partial charge in [0.2, 0.25) is 5.91 Å². The molecule has 2 atom stereocenters. The lowest BCUT2D eigenvalue weighted by molar-refractivity contribution is -0.129. The maximum absolute atomic E-state index is 12.4. The van der Waals surface area contributed by atoms with Crippen LogP contribution in [-0.4, -0.2) is 44.6 Å². The van der Waals surface area contributed by atoms with Crippen LogP contribution in [-0.2, 0) is 9.59 Å². The maximum Gasteiger partial charge on any atom is 0.269 e. The van der Waals surface area contributed by atoms with Gasteiger partial charge in [-0.15, -0.1) is 0 Å². The molecule has 1 saturated carbocycles. The van der Waals surface area contributed by atoms with E-state index < -0.39 is 5.60 Å². The molecule has 2 aliphatic heterocycles. The van der Waals surface area contributed by atoms with Crippen LogP contribution < -0.4 is 20.1 Å². The largest absolute Gasteiger partial charge is 0.488 e. The fourth-order valence-electron chi connectivity index (χ4n) is 4.61. The second-order valence-electron chi connectivity index (χ2n) is 9.93. The Balaban J connectivity index is 1.40. The standard InChI is InChI=1S/C25H27N5O4/c1-13(15-10-21(31)26-11-15)33-20-9-14(8-18-22(20)30(12-27-18)16-4-5-16)17-6-7-19-23(28-17)29-24(32)25(2,3)34-19/h6-9,12-13,15-16H,4-5,10-11H2,1-3H3,(H,26,31)(H,28,29,32). The van der Waals surface area contributed by atoms with Crippen LogP contribution >= 0.6 is 0 Å². The highest BCUT2D eigenvalue weighted by Gasteiger charge is 2.36. The average molecular weight is 462 g/mol. The number of pyridine rings is 1. The van der Waals surface area contributed by atoms with Crippen LogP contribution in [0.4, 0.5) is 5.82 Å². The van der Waals surface area contributed by atoms with E-state index in [1.54, 1.807) is 13.8 Å². The predicted octanol–water partition coefficient (Wildman–Crippen LogP) is 3.45. The summed E-state index contributed by atoms with van der Waals surface area (Å²) in [5, 5.41) is 5.74. The minimum absolute atomic E-state index is 0.0630. The molecule has 3 aromatic rings. The number of imidazole rings is 1. The van der Waals surface area contributed by atoms with Gasteiger partial charge in [-0.25, -0.2) is 9.97 Å². The smallest absolute Gasteiger partial charge is 0.269 e. The van der Waals surface area contributed by atoms with E-state index in [1.807, 2.05) is 37.5 Å². The Kier molecular flexibility index (Phi) is 4.59. The van der Waals surface area contributed by atoms with E-state index in [-0.39, 0.29) is 23.8 Å². The number of fused-ring (bicyclic) bond motifs is 2. The monoisotopic (exact) mass is 461 g/mol.